The zero-order valence-electron chi connectivity index (χ0n) is 19.1. The van der Waals surface area contributed by atoms with E-state index in [0.29, 0.717) is 17.8 Å². The molecule has 2 aromatic heterocycles. The Kier molecular flexibility index (Phi) is 6.42. The number of aromatic nitrogens is 4. The number of fused-ring (bicyclic) bond motifs is 1. The number of ether oxygens (including phenoxy) is 1. The second kappa shape index (κ2) is 9.27. The number of imidazole rings is 1. The topological polar surface area (TPSA) is 74.3 Å². The average Bonchev–Trinajstić information content (AvgIpc) is 3.17. The van der Waals surface area contributed by atoms with Crippen LogP contribution < -0.4 is 20.9 Å². The number of aryl methyl sites for hydroxylation is 1. The Morgan fingerprint density at radius 2 is 1.73 bits per heavy atom. The molecule has 0 aliphatic rings. The van der Waals surface area contributed by atoms with Gasteiger partial charge < -0.3 is 9.64 Å². The molecule has 2 heterocycles. The maximum absolute atomic E-state index is 13.1. The fourth-order valence-electron chi connectivity index (χ4n) is 3.89. The number of rotatable bonds is 7. The Bertz CT molecular complexity index is 1430. The summed E-state index contributed by atoms with van der Waals surface area (Å²) in [6, 6.07) is 15.8. The lowest BCUT2D eigenvalue weighted by Gasteiger charge is -2.21. The highest BCUT2D eigenvalue weighted by atomic mass is 79.9. The van der Waals surface area contributed by atoms with Gasteiger partial charge in [-0.05, 0) is 37.6 Å². The summed E-state index contributed by atoms with van der Waals surface area (Å²) in [5, 5.41) is 0. The van der Waals surface area contributed by atoms with Crippen molar-refractivity contribution < 1.29 is 4.74 Å². The molecule has 0 aliphatic heterocycles. The van der Waals surface area contributed by atoms with Crippen molar-refractivity contribution in [1.29, 1.82) is 0 Å². The normalized spacial score (nSPS) is 11.2. The summed E-state index contributed by atoms with van der Waals surface area (Å²) in [6.07, 6.45) is 0. The lowest BCUT2D eigenvalue weighted by molar-refractivity contribution is 0.421. The van der Waals surface area contributed by atoms with Crippen LogP contribution >= 0.6 is 15.9 Å². The summed E-state index contributed by atoms with van der Waals surface area (Å²) in [7, 11) is 3.07. The van der Waals surface area contributed by atoms with Gasteiger partial charge in [-0.15, -0.1) is 0 Å². The van der Waals surface area contributed by atoms with Gasteiger partial charge in [-0.2, -0.15) is 4.98 Å². The van der Waals surface area contributed by atoms with Gasteiger partial charge in [0.25, 0.3) is 5.56 Å². The van der Waals surface area contributed by atoms with Crippen LogP contribution in [0.25, 0.3) is 11.2 Å². The van der Waals surface area contributed by atoms with Crippen molar-refractivity contribution in [3.63, 3.8) is 0 Å². The average molecular weight is 512 g/mol. The number of hydrogen-bond donors (Lipinski definition) is 0. The quantitative estimate of drug-likeness (QED) is 0.376. The predicted molar refractivity (Wildman–Crippen MR) is 134 cm³/mol. The summed E-state index contributed by atoms with van der Waals surface area (Å²) >= 11 is 3.58. The summed E-state index contributed by atoms with van der Waals surface area (Å²) in [5.74, 6) is 0.602. The molecule has 4 aromatic rings. The van der Waals surface area contributed by atoms with Gasteiger partial charge in [-0.3, -0.25) is 18.5 Å². The zero-order valence-corrected chi connectivity index (χ0v) is 20.7. The number of benzene rings is 2. The molecule has 0 aliphatic carbocycles. The minimum absolute atomic E-state index is 0.246. The van der Waals surface area contributed by atoms with Gasteiger partial charge in [0.1, 0.15) is 5.75 Å². The molecule has 0 amide bonds. The van der Waals surface area contributed by atoms with E-state index < -0.39 is 11.2 Å². The molecule has 0 radical (unpaired) electrons. The van der Waals surface area contributed by atoms with Crippen molar-refractivity contribution in [2.24, 2.45) is 14.1 Å². The first-order chi connectivity index (χ1) is 15.8. The van der Waals surface area contributed by atoms with Crippen molar-refractivity contribution >= 4 is 32.8 Å². The summed E-state index contributed by atoms with van der Waals surface area (Å²) in [4.78, 5) is 32.4. The van der Waals surface area contributed by atoms with Crippen LogP contribution in [0.4, 0.5) is 5.69 Å². The molecule has 0 spiro atoms. The predicted octanol–water partition coefficient (Wildman–Crippen LogP) is 3.88. The second-order valence-electron chi connectivity index (χ2n) is 7.72. The van der Waals surface area contributed by atoms with Gasteiger partial charge >= 0.3 is 11.7 Å². The standard InChI is InChI=1S/C24H26BrN5O3/c1-5-29(6-2)17-11-9-12-18(14-17)33-23-26-21-20(22(31)28(4)24(32)27(21)3)30(23)15-16-10-7-8-13-19(16)25/h7-14H,5-6,15H2,1-4H3. The van der Waals surface area contributed by atoms with Crippen LogP contribution in [0, 0.1) is 0 Å². The van der Waals surface area contributed by atoms with Crippen LogP contribution in [0.2, 0.25) is 0 Å². The Balaban J connectivity index is 1.89. The lowest BCUT2D eigenvalue weighted by atomic mass is 10.2. The molecule has 0 saturated heterocycles. The SMILES string of the molecule is CCN(CC)c1cccc(Oc2nc3c(c(=O)n(C)c(=O)n3C)n2Cc2ccccc2Br)c1. The Morgan fingerprint density at radius 1 is 1.00 bits per heavy atom. The second-order valence-corrected chi connectivity index (χ2v) is 8.58. The van der Waals surface area contributed by atoms with Crippen LogP contribution in [-0.2, 0) is 20.6 Å². The molecular formula is C24H26BrN5O3. The Hall–Kier alpha value is -3.33. The Morgan fingerprint density at radius 3 is 2.42 bits per heavy atom. The maximum atomic E-state index is 13.1. The van der Waals surface area contributed by atoms with Crippen molar-refractivity contribution in [1.82, 2.24) is 18.7 Å². The van der Waals surface area contributed by atoms with E-state index in [9.17, 15) is 9.59 Å². The minimum Gasteiger partial charge on any atom is -0.425 e. The highest BCUT2D eigenvalue weighted by Gasteiger charge is 2.21. The fraction of sp³-hybridized carbons (Fsp3) is 0.292. The van der Waals surface area contributed by atoms with E-state index in [4.69, 9.17) is 4.74 Å². The van der Waals surface area contributed by atoms with Gasteiger partial charge in [0.05, 0.1) is 6.54 Å². The molecule has 0 fully saturated rings. The smallest absolute Gasteiger partial charge is 0.332 e. The fourth-order valence-corrected chi connectivity index (χ4v) is 4.30. The van der Waals surface area contributed by atoms with Crippen LogP contribution in [0.1, 0.15) is 19.4 Å². The highest BCUT2D eigenvalue weighted by Crippen LogP contribution is 2.29. The molecular weight excluding hydrogens is 486 g/mol. The van der Waals surface area contributed by atoms with E-state index in [1.165, 1.54) is 11.6 Å². The molecule has 9 heteroatoms. The molecule has 0 unspecified atom stereocenters. The van der Waals surface area contributed by atoms with Crippen LogP contribution in [0.5, 0.6) is 11.8 Å². The third-order valence-electron chi connectivity index (χ3n) is 5.75. The molecule has 172 valence electrons. The lowest BCUT2D eigenvalue weighted by Crippen LogP contribution is -2.37. The zero-order chi connectivity index (χ0) is 23.7. The minimum atomic E-state index is -0.437. The van der Waals surface area contributed by atoms with Crippen molar-refractivity contribution in [2.75, 3.05) is 18.0 Å². The third kappa shape index (κ3) is 4.20. The first-order valence-electron chi connectivity index (χ1n) is 10.8. The van der Waals surface area contributed by atoms with Crippen molar-refractivity contribution in [3.8, 4) is 11.8 Å². The number of halogens is 1. The van der Waals surface area contributed by atoms with E-state index in [0.717, 1.165) is 33.4 Å². The van der Waals surface area contributed by atoms with Gasteiger partial charge in [0, 0.05) is 43.4 Å². The Labute approximate surface area is 199 Å². The van der Waals surface area contributed by atoms with Crippen LogP contribution in [0.3, 0.4) is 0 Å². The van der Waals surface area contributed by atoms with E-state index in [-0.39, 0.29) is 11.7 Å². The van der Waals surface area contributed by atoms with E-state index >= 15 is 0 Å². The summed E-state index contributed by atoms with van der Waals surface area (Å²) in [5.41, 5.74) is 1.73. The van der Waals surface area contributed by atoms with E-state index in [2.05, 4.69) is 39.7 Å². The third-order valence-corrected chi connectivity index (χ3v) is 6.53. The number of anilines is 1. The molecule has 0 bridgehead atoms. The number of hydrogen-bond acceptors (Lipinski definition) is 5. The van der Waals surface area contributed by atoms with Gasteiger partial charge in [0.15, 0.2) is 11.2 Å². The maximum Gasteiger partial charge on any atom is 0.332 e. The van der Waals surface area contributed by atoms with E-state index in [1.54, 1.807) is 11.6 Å². The first-order valence-corrected chi connectivity index (χ1v) is 11.6. The van der Waals surface area contributed by atoms with Crippen LogP contribution in [0.15, 0.2) is 62.6 Å². The molecule has 0 N–H and O–H groups in total. The van der Waals surface area contributed by atoms with E-state index in [1.807, 2.05) is 48.5 Å². The number of nitrogens with zero attached hydrogens (tertiary/aromatic N) is 5. The van der Waals surface area contributed by atoms with Crippen molar-refractivity contribution in [3.05, 3.63) is 79.4 Å². The van der Waals surface area contributed by atoms with Gasteiger partial charge in [-0.25, -0.2) is 4.79 Å². The molecule has 0 saturated carbocycles. The first kappa shape index (κ1) is 22.8. The van der Waals surface area contributed by atoms with Crippen LogP contribution in [-0.4, -0.2) is 31.8 Å². The monoisotopic (exact) mass is 511 g/mol. The molecule has 4 rings (SSSR count). The largest absolute Gasteiger partial charge is 0.425 e. The van der Waals surface area contributed by atoms with Crippen molar-refractivity contribution in [2.45, 2.75) is 20.4 Å². The van der Waals surface area contributed by atoms with Gasteiger partial charge in [-0.1, -0.05) is 40.2 Å². The molecule has 33 heavy (non-hydrogen) atoms. The molecule has 0 atom stereocenters. The summed E-state index contributed by atoms with van der Waals surface area (Å²) in [6.45, 7) is 6.29. The molecule has 2 aromatic carbocycles. The highest BCUT2D eigenvalue weighted by molar-refractivity contribution is 9.10. The molecule has 8 nitrogen and oxygen atoms in total. The summed E-state index contributed by atoms with van der Waals surface area (Å²) < 4.78 is 11.3. The van der Waals surface area contributed by atoms with Gasteiger partial charge in [0.2, 0.25) is 0 Å².